The highest BCUT2D eigenvalue weighted by molar-refractivity contribution is 5.95. The average Bonchev–Trinajstić information content (AvgIpc) is 3.26. The molecule has 35 heavy (non-hydrogen) atoms. The van der Waals surface area contributed by atoms with Gasteiger partial charge in [-0.05, 0) is 41.5 Å². The molecular weight excluding hydrogens is 432 g/mol. The molecule has 3 heterocycles. The average molecular weight is 455 g/mol. The summed E-state index contributed by atoms with van der Waals surface area (Å²) in [5, 5.41) is 0. The largest absolute Gasteiger partial charge is 0.328 e. The number of hydrogen-bond acceptors (Lipinski definition) is 3. The number of aromatic amines is 1. The maximum absolute atomic E-state index is 12.4. The van der Waals surface area contributed by atoms with Crippen molar-refractivity contribution >= 4 is 11.0 Å². The van der Waals surface area contributed by atoms with E-state index in [1.807, 2.05) is 60.3 Å². The van der Waals surface area contributed by atoms with Crippen LogP contribution in [-0.2, 0) is 7.05 Å². The first-order valence-corrected chi connectivity index (χ1v) is 11.4. The van der Waals surface area contributed by atoms with Crippen molar-refractivity contribution in [2.24, 2.45) is 7.05 Å². The van der Waals surface area contributed by atoms with Gasteiger partial charge in [0.1, 0.15) is 5.82 Å². The van der Waals surface area contributed by atoms with Crippen molar-refractivity contribution in [2.75, 3.05) is 0 Å². The molecule has 0 saturated heterocycles. The third-order valence-corrected chi connectivity index (χ3v) is 6.31. The molecule has 168 valence electrons. The minimum atomic E-state index is -0.153. The number of H-pyrrole nitrogens is 1. The van der Waals surface area contributed by atoms with E-state index in [1.165, 1.54) is 0 Å². The van der Waals surface area contributed by atoms with E-state index in [9.17, 15) is 4.79 Å². The Balaban J connectivity index is 1.42. The lowest BCUT2D eigenvalue weighted by Crippen LogP contribution is -2.09. The van der Waals surface area contributed by atoms with E-state index in [2.05, 4.69) is 53.5 Å². The molecule has 0 aliphatic rings. The van der Waals surface area contributed by atoms with Gasteiger partial charge in [-0.1, -0.05) is 66.7 Å². The fourth-order valence-electron chi connectivity index (χ4n) is 4.50. The summed E-state index contributed by atoms with van der Waals surface area (Å²) in [4.78, 5) is 24.8. The summed E-state index contributed by atoms with van der Waals surface area (Å²) in [6, 6.07) is 32.5. The van der Waals surface area contributed by atoms with Crippen LogP contribution >= 0.6 is 0 Å². The highest BCUT2D eigenvalue weighted by atomic mass is 16.1. The summed E-state index contributed by atoms with van der Waals surface area (Å²) in [5.41, 5.74) is 8.48. The standard InChI is InChI=1S/C30H22N4O/c1-34-27-14-6-12-24(28(27)33-29(34)25-13-7-17-31-30(25)35)21-10-5-11-22(18-21)26-16-15-23(19-32-26)20-8-3-2-4-9-20/h2-19H,1H3,(H,31,35). The van der Waals surface area contributed by atoms with Gasteiger partial charge in [0.15, 0.2) is 0 Å². The summed E-state index contributed by atoms with van der Waals surface area (Å²) < 4.78 is 1.97. The van der Waals surface area contributed by atoms with Crippen LogP contribution in [0.5, 0.6) is 0 Å². The van der Waals surface area contributed by atoms with Crippen LogP contribution in [0.2, 0.25) is 0 Å². The Hall–Kier alpha value is -4.77. The molecular formula is C30H22N4O. The molecule has 0 bridgehead atoms. The third-order valence-electron chi connectivity index (χ3n) is 6.31. The first-order chi connectivity index (χ1) is 17.2. The van der Waals surface area contributed by atoms with E-state index >= 15 is 0 Å². The fraction of sp³-hybridized carbons (Fsp3) is 0.0333. The first kappa shape index (κ1) is 20.8. The molecule has 0 aliphatic heterocycles. The van der Waals surface area contributed by atoms with E-state index in [0.717, 1.165) is 44.5 Å². The monoisotopic (exact) mass is 454 g/mol. The van der Waals surface area contributed by atoms with Gasteiger partial charge in [-0.15, -0.1) is 0 Å². The van der Waals surface area contributed by atoms with Gasteiger partial charge in [0, 0.05) is 36.1 Å². The van der Waals surface area contributed by atoms with Gasteiger partial charge >= 0.3 is 0 Å². The Labute approximate surface area is 202 Å². The van der Waals surface area contributed by atoms with Crippen molar-refractivity contribution in [3.8, 4) is 44.9 Å². The second-order valence-electron chi connectivity index (χ2n) is 8.46. The van der Waals surface area contributed by atoms with Gasteiger partial charge in [0.25, 0.3) is 5.56 Å². The summed E-state index contributed by atoms with van der Waals surface area (Å²) in [6.07, 6.45) is 3.55. The number of benzene rings is 3. The summed E-state index contributed by atoms with van der Waals surface area (Å²) in [5.74, 6) is 0.642. The van der Waals surface area contributed by atoms with Gasteiger partial charge in [0.2, 0.25) is 0 Å². The van der Waals surface area contributed by atoms with E-state index in [1.54, 1.807) is 12.3 Å². The number of pyridine rings is 2. The lowest BCUT2D eigenvalue weighted by atomic mass is 10.00. The molecule has 0 aliphatic carbocycles. The normalized spacial score (nSPS) is 11.1. The zero-order valence-electron chi connectivity index (χ0n) is 19.1. The van der Waals surface area contributed by atoms with Gasteiger partial charge in [-0.25, -0.2) is 4.98 Å². The Morgan fingerprint density at radius 3 is 2.29 bits per heavy atom. The first-order valence-electron chi connectivity index (χ1n) is 11.4. The molecule has 0 amide bonds. The Kier molecular flexibility index (Phi) is 5.08. The highest BCUT2D eigenvalue weighted by Crippen LogP contribution is 2.33. The summed E-state index contributed by atoms with van der Waals surface area (Å²) in [7, 11) is 1.94. The van der Waals surface area contributed by atoms with E-state index in [4.69, 9.17) is 9.97 Å². The zero-order chi connectivity index (χ0) is 23.8. The molecule has 3 aromatic heterocycles. The predicted molar refractivity (Wildman–Crippen MR) is 141 cm³/mol. The SMILES string of the molecule is Cn1c(-c2ccc[nH]c2=O)nc2c(-c3cccc(-c4ccc(-c5ccccc5)cn4)c3)cccc21. The maximum atomic E-state index is 12.4. The molecule has 0 spiro atoms. The van der Waals surface area contributed by atoms with Crippen LogP contribution in [0.25, 0.3) is 55.9 Å². The Morgan fingerprint density at radius 1 is 0.714 bits per heavy atom. The smallest absolute Gasteiger partial charge is 0.258 e. The number of fused-ring (bicyclic) bond motifs is 1. The molecule has 3 aromatic carbocycles. The second-order valence-corrected chi connectivity index (χ2v) is 8.46. The van der Waals surface area contributed by atoms with Crippen LogP contribution in [-0.4, -0.2) is 19.5 Å². The maximum Gasteiger partial charge on any atom is 0.258 e. The molecule has 5 heteroatoms. The van der Waals surface area contributed by atoms with E-state index in [-0.39, 0.29) is 5.56 Å². The molecule has 0 unspecified atom stereocenters. The van der Waals surface area contributed by atoms with Gasteiger partial charge in [0.05, 0.1) is 22.3 Å². The third kappa shape index (κ3) is 3.73. The lowest BCUT2D eigenvalue weighted by Gasteiger charge is -2.08. The summed E-state index contributed by atoms with van der Waals surface area (Å²) in [6.45, 7) is 0. The number of imidazole rings is 1. The molecule has 1 N–H and O–H groups in total. The van der Waals surface area contributed by atoms with Crippen LogP contribution in [0.4, 0.5) is 0 Å². The number of para-hydroxylation sites is 1. The van der Waals surface area contributed by atoms with Crippen LogP contribution in [0.15, 0.2) is 114 Å². The molecule has 6 rings (SSSR count). The van der Waals surface area contributed by atoms with Crippen molar-refractivity contribution in [1.82, 2.24) is 19.5 Å². The molecule has 5 nitrogen and oxygen atoms in total. The number of nitrogens with zero attached hydrogens (tertiary/aromatic N) is 3. The van der Waals surface area contributed by atoms with Gasteiger partial charge < -0.3 is 9.55 Å². The molecule has 0 saturated carbocycles. The van der Waals surface area contributed by atoms with Crippen LogP contribution in [0, 0.1) is 0 Å². The molecule has 0 radical (unpaired) electrons. The zero-order valence-corrected chi connectivity index (χ0v) is 19.1. The molecule has 0 fully saturated rings. The Morgan fingerprint density at radius 2 is 1.49 bits per heavy atom. The van der Waals surface area contributed by atoms with Gasteiger partial charge in [-0.3, -0.25) is 9.78 Å². The van der Waals surface area contributed by atoms with Crippen molar-refractivity contribution in [3.63, 3.8) is 0 Å². The van der Waals surface area contributed by atoms with Crippen molar-refractivity contribution in [1.29, 1.82) is 0 Å². The van der Waals surface area contributed by atoms with Gasteiger partial charge in [-0.2, -0.15) is 0 Å². The number of nitrogens with one attached hydrogen (secondary N) is 1. The quantitative estimate of drug-likeness (QED) is 0.339. The topological polar surface area (TPSA) is 63.6 Å². The molecule has 6 aromatic rings. The predicted octanol–water partition coefficient (Wildman–Crippen LogP) is 6.32. The van der Waals surface area contributed by atoms with E-state index < -0.39 is 0 Å². The fourth-order valence-corrected chi connectivity index (χ4v) is 4.50. The van der Waals surface area contributed by atoms with Crippen LogP contribution in [0.1, 0.15) is 0 Å². The summed E-state index contributed by atoms with van der Waals surface area (Å²) >= 11 is 0. The van der Waals surface area contributed by atoms with Crippen molar-refractivity contribution in [2.45, 2.75) is 0 Å². The molecule has 0 atom stereocenters. The van der Waals surface area contributed by atoms with E-state index in [0.29, 0.717) is 11.4 Å². The number of aromatic nitrogens is 4. The highest BCUT2D eigenvalue weighted by Gasteiger charge is 2.16. The minimum absolute atomic E-state index is 0.153. The van der Waals surface area contributed by atoms with Crippen molar-refractivity contribution < 1.29 is 0 Å². The number of rotatable bonds is 4. The Bertz CT molecular complexity index is 1710. The van der Waals surface area contributed by atoms with Crippen molar-refractivity contribution in [3.05, 3.63) is 120 Å². The number of hydrogen-bond donors (Lipinski definition) is 1. The van der Waals surface area contributed by atoms with Crippen LogP contribution in [0.3, 0.4) is 0 Å². The minimum Gasteiger partial charge on any atom is -0.328 e. The number of aryl methyl sites for hydroxylation is 1. The van der Waals surface area contributed by atoms with Crippen LogP contribution < -0.4 is 5.56 Å². The second kappa shape index (κ2) is 8.54. The lowest BCUT2D eigenvalue weighted by molar-refractivity contribution is 0.954.